The van der Waals surface area contributed by atoms with Gasteiger partial charge in [0.05, 0.1) is 0 Å². The highest BCUT2D eigenvalue weighted by molar-refractivity contribution is 5.27. The van der Waals surface area contributed by atoms with E-state index in [1.165, 1.54) is 0 Å². The number of hydrogen-bond donors (Lipinski definition) is 1. The normalized spacial score (nSPS) is 10.0. The summed E-state index contributed by atoms with van der Waals surface area (Å²) in [6, 6.07) is 1.76. The molecule has 0 aliphatic heterocycles. The van der Waals surface area contributed by atoms with Gasteiger partial charge in [-0.1, -0.05) is 0 Å². The van der Waals surface area contributed by atoms with Gasteiger partial charge in [-0.05, 0) is 6.07 Å². The summed E-state index contributed by atoms with van der Waals surface area (Å²) in [6.45, 7) is 0. The molecule has 0 aliphatic carbocycles. The molecule has 2 N–H and O–H groups in total. The summed E-state index contributed by atoms with van der Waals surface area (Å²) < 4.78 is 1.76. The maximum atomic E-state index is 5.41. The first kappa shape index (κ1) is 6.78. The Hall–Kier alpha value is -1.91. The van der Waals surface area contributed by atoms with Gasteiger partial charge >= 0.3 is 0 Å². The maximum Gasteiger partial charge on any atom is 0.221 e. The van der Waals surface area contributed by atoms with E-state index in [1.54, 1.807) is 35.6 Å². The van der Waals surface area contributed by atoms with E-state index in [2.05, 4.69) is 15.0 Å². The third-order valence-electron chi connectivity index (χ3n) is 1.43. The van der Waals surface area contributed by atoms with Crippen molar-refractivity contribution in [2.75, 3.05) is 5.73 Å². The summed E-state index contributed by atoms with van der Waals surface area (Å²) in [5, 5.41) is 0. The standard InChI is InChI=1S/C7H7N5/c8-7-10-2-1-6(11-7)12-4-3-9-5-12/h1-5H,(H2,8,10,11). The Bertz CT molecular complexity index is 367. The number of nitrogen functional groups attached to an aromatic ring is 1. The van der Waals surface area contributed by atoms with Crippen LogP contribution in [0.2, 0.25) is 0 Å². The van der Waals surface area contributed by atoms with Crippen molar-refractivity contribution in [2.24, 2.45) is 0 Å². The van der Waals surface area contributed by atoms with Crippen LogP contribution in [-0.2, 0) is 0 Å². The van der Waals surface area contributed by atoms with Gasteiger partial charge in [-0.3, -0.25) is 4.57 Å². The number of imidazole rings is 1. The second-order valence-corrected chi connectivity index (χ2v) is 2.24. The summed E-state index contributed by atoms with van der Waals surface area (Å²) in [5.74, 6) is 0.987. The predicted molar refractivity (Wildman–Crippen MR) is 43.6 cm³/mol. The van der Waals surface area contributed by atoms with E-state index in [1.807, 2.05) is 0 Å². The first-order chi connectivity index (χ1) is 5.86. The van der Waals surface area contributed by atoms with Gasteiger partial charge in [0.25, 0.3) is 0 Å². The van der Waals surface area contributed by atoms with Crippen LogP contribution in [-0.4, -0.2) is 19.5 Å². The van der Waals surface area contributed by atoms with Crippen LogP contribution in [0.25, 0.3) is 5.82 Å². The minimum atomic E-state index is 0.265. The minimum absolute atomic E-state index is 0.265. The Balaban J connectivity index is 2.48. The monoisotopic (exact) mass is 161 g/mol. The number of aromatic nitrogens is 4. The van der Waals surface area contributed by atoms with Crippen molar-refractivity contribution in [1.82, 2.24) is 19.5 Å². The van der Waals surface area contributed by atoms with E-state index in [0.29, 0.717) is 0 Å². The summed E-state index contributed by atoms with van der Waals surface area (Å²) >= 11 is 0. The van der Waals surface area contributed by atoms with Gasteiger partial charge in [0.2, 0.25) is 5.95 Å². The van der Waals surface area contributed by atoms with Gasteiger partial charge in [0, 0.05) is 18.6 Å². The van der Waals surface area contributed by atoms with E-state index in [4.69, 9.17) is 5.73 Å². The van der Waals surface area contributed by atoms with E-state index in [9.17, 15) is 0 Å². The number of nitrogens with zero attached hydrogens (tertiary/aromatic N) is 4. The Kier molecular flexibility index (Phi) is 1.48. The van der Waals surface area contributed by atoms with Crippen molar-refractivity contribution in [3.05, 3.63) is 31.0 Å². The van der Waals surface area contributed by atoms with Crippen LogP contribution >= 0.6 is 0 Å². The predicted octanol–water partition coefficient (Wildman–Crippen LogP) is 0.244. The molecule has 12 heavy (non-hydrogen) atoms. The van der Waals surface area contributed by atoms with Crippen LogP contribution in [0.15, 0.2) is 31.0 Å². The van der Waals surface area contributed by atoms with Gasteiger partial charge in [0.15, 0.2) is 0 Å². The highest BCUT2D eigenvalue weighted by Crippen LogP contribution is 2.02. The molecule has 2 heterocycles. The number of rotatable bonds is 1. The quantitative estimate of drug-likeness (QED) is 0.650. The molecule has 0 aliphatic rings. The van der Waals surface area contributed by atoms with E-state index >= 15 is 0 Å². The summed E-state index contributed by atoms with van der Waals surface area (Å²) in [7, 11) is 0. The molecular weight excluding hydrogens is 154 g/mol. The maximum absolute atomic E-state index is 5.41. The zero-order valence-electron chi connectivity index (χ0n) is 6.25. The lowest BCUT2D eigenvalue weighted by Crippen LogP contribution is -1.99. The molecule has 2 rings (SSSR count). The SMILES string of the molecule is Nc1nccc(-n2ccnc2)n1. The Morgan fingerprint density at radius 3 is 2.92 bits per heavy atom. The zero-order chi connectivity index (χ0) is 8.39. The average molecular weight is 161 g/mol. The molecular formula is C7H7N5. The molecule has 0 radical (unpaired) electrons. The molecule has 0 bridgehead atoms. The van der Waals surface area contributed by atoms with Gasteiger partial charge in [-0.2, -0.15) is 4.98 Å². The van der Waals surface area contributed by atoms with Crippen molar-refractivity contribution in [3.8, 4) is 5.82 Å². The Labute approximate surface area is 68.9 Å². The number of anilines is 1. The molecule has 5 nitrogen and oxygen atoms in total. The first-order valence-electron chi connectivity index (χ1n) is 3.43. The van der Waals surface area contributed by atoms with E-state index in [0.717, 1.165) is 5.82 Å². The van der Waals surface area contributed by atoms with Gasteiger partial charge in [-0.25, -0.2) is 9.97 Å². The average Bonchev–Trinajstić information content (AvgIpc) is 2.56. The highest BCUT2D eigenvalue weighted by Gasteiger charge is 1.96. The lowest BCUT2D eigenvalue weighted by Gasteiger charge is -1.99. The lowest BCUT2D eigenvalue weighted by atomic mass is 10.6. The van der Waals surface area contributed by atoms with Crippen molar-refractivity contribution < 1.29 is 0 Å². The lowest BCUT2D eigenvalue weighted by molar-refractivity contribution is 0.978. The van der Waals surface area contributed by atoms with Crippen LogP contribution in [0.5, 0.6) is 0 Å². The molecule has 2 aromatic rings. The molecule has 60 valence electrons. The highest BCUT2D eigenvalue weighted by atomic mass is 15.1. The molecule has 0 atom stereocenters. The van der Waals surface area contributed by atoms with Crippen LogP contribution in [0.4, 0.5) is 5.95 Å². The zero-order valence-corrected chi connectivity index (χ0v) is 6.25. The molecule has 0 saturated carbocycles. The van der Waals surface area contributed by atoms with Crippen molar-refractivity contribution in [3.63, 3.8) is 0 Å². The fourth-order valence-electron chi connectivity index (χ4n) is 0.902. The fraction of sp³-hybridized carbons (Fsp3) is 0. The fourth-order valence-corrected chi connectivity index (χ4v) is 0.902. The number of nitrogens with two attached hydrogens (primary N) is 1. The number of hydrogen-bond acceptors (Lipinski definition) is 4. The molecule has 2 aromatic heterocycles. The second-order valence-electron chi connectivity index (χ2n) is 2.24. The van der Waals surface area contributed by atoms with E-state index in [-0.39, 0.29) is 5.95 Å². The van der Waals surface area contributed by atoms with Crippen LogP contribution < -0.4 is 5.73 Å². The molecule has 0 aromatic carbocycles. The third-order valence-corrected chi connectivity index (χ3v) is 1.43. The van der Waals surface area contributed by atoms with Gasteiger partial charge in [0.1, 0.15) is 12.1 Å². The summed E-state index contributed by atoms with van der Waals surface area (Å²) in [6.07, 6.45) is 6.74. The molecule has 0 fully saturated rings. The van der Waals surface area contributed by atoms with Crippen molar-refractivity contribution in [2.45, 2.75) is 0 Å². The molecule has 0 spiro atoms. The molecule has 5 heteroatoms. The molecule has 0 saturated heterocycles. The smallest absolute Gasteiger partial charge is 0.221 e. The summed E-state index contributed by atoms with van der Waals surface area (Å²) in [4.78, 5) is 11.7. The molecule has 0 amide bonds. The second kappa shape index (κ2) is 2.61. The first-order valence-corrected chi connectivity index (χ1v) is 3.43. The van der Waals surface area contributed by atoms with Gasteiger partial charge < -0.3 is 5.73 Å². The third kappa shape index (κ3) is 1.12. The van der Waals surface area contributed by atoms with Crippen molar-refractivity contribution >= 4 is 5.95 Å². The Morgan fingerprint density at radius 2 is 2.25 bits per heavy atom. The Morgan fingerprint density at radius 1 is 1.33 bits per heavy atom. The topological polar surface area (TPSA) is 69.6 Å². The van der Waals surface area contributed by atoms with E-state index < -0.39 is 0 Å². The van der Waals surface area contributed by atoms with Crippen LogP contribution in [0, 0.1) is 0 Å². The van der Waals surface area contributed by atoms with Gasteiger partial charge in [-0.15, -0.1) is 0 Å². The summed E-state index contributed by atoms with van der Waals surface area (Å²) in [5.41, 5.74) is 5.41. The van der Waals surface area contributed by atoms with Crippen LogP contribution in [0.3, 0.4) is 0 Å². The molecule has 0 unspecified atom stereocenters. The minimum Gasteiger partial charge on any atom is -0.368 e. The largest absolute Gasteiger partial charge is 0.368 e. The van der Waals surface area contributed by atoms with Crippen molar-refractivity contribution in [1.29, 1.82) is 0 Å². The van der Waals surface area contributed by atoms with Crippen LogP contribution in [0.1, 0.15) is 0 Å².